The number of sulfonamides is 1. The van der Waals surface area contributed by atoms with Crippen LogP contribution in [-0.2, 0) is 21.2 Å². The Balaban J connectivity index is 1.65. The van der Waals surface area contributed by atoms with Crippen LogP contribution in [0, 0.1) is 6.92 Å². The van der Waals surface area contributed by atoms with Crippen LogP contribution in [0.25, 0.3) is 11.5 Å². The zero-order chi connectivity index (χ0) is 21.0. The maximum atomic E-state index is 12.7. The predicted molar refractivity (Wildman–Crippen MR) is 109 cm³/mol. The van der Waals surface area contributed by atoms with Gasteiger partial charge in [0, 0.05) is 38.2 Å². The van der Waals surface area contributed by atoms with Crippen molar-refractivity contribution in [3.05, 3.63) is 59.9 Å². The first-order valence-corrected chi connectivity index (χ1v) is 10.4. The summed E-state index contributed by atoms with van der Waals surface area (Å²) < 4.78 is 32.0. The molecule has 0 saturated carbocycles. The Kier molecular flexibility index (Phi) is 6.09. The van der Waals surface area contributed by atoms with E-state index in [0.717, 1.165) is 11.1 Å². The summed E-state index contributed by atoms with van der Waals surface area (Å²) >= 11 is 0. The molecule has 1 aromatic heterocycles. The maximum Gasteiger partial charge on any atom is 0.257 e. The Bertz CT molecular complexity index is 1110. The zero-order valence-corrected chi connectivity index (χ0v) is 17.2. The number of aryl methyl sites for hydroxylation is 1. The fraction of sp³-hybridized carbons (Fsp3) is 0.250. The minimum atomic E-state index is -3.67. The molecule has 1 N–H and O–H groups in total. The number of hydrogen-bond acceptors (Lipinski definition) is 6. The number of amides is 1. The Hall–Kier alpha value is -3.04. The van der Waals surface area contributed by atoms with Crippen molar-refractivity contribution < 1.29 is 17.7 Å². The molecule has 0 aliphatic rings. The van der Waals surface area contributed by atoms with Gasteiger partial charge in [-0.05, 0) is 43.3 Å². The van der Waals surface area contributed by atoms with E-state index in [-0.39, 0.29) is 17.3 Å². The van der Waals surface area contributed by atoms with Crippen molar-refractivity contribution >= 4 is 21.6 Å². The second-order valence-electron chi connectivity index (χ2n) is 6.67. The van der Waals surface area contributed by atoms with Crippen LogP contribution in [0.4, 0.5) is 5.69 Å². The summed E-state index contributed by atoms with van der Waals surface area (Å²) in [6.07, 6.45) is 0.315. The predicted octanol–water partition coefficient (Wildman–Crippen LogP) is 2.87. The van der Waals surface area contributed by atoms with Crippen LogP contribution in [0.2, 0.25) is 0 Å². The lowest BCUT2D eigenvalue weighted by atomic mass is 10.1. The lowest BCUT2D eigenvalue weighted by molar-refractivity contribution is -0.114. The summed E-state index contributed by atoms with van der Waals surface area (Å²) in [7, 11) is -2.17. The third-order valence-electron chi connectivity index (χ3n) is 4.27. The van der Waals surface area contributed by atoms with E-state index in [0.29, 0.717) is 23.8 Å². The fourth-order valence-corrected chi connectivity index (χ4v) is 3.89. The standard InChI is InChI=1S/C20H22N4O4S/c1-14-5-4-6-16(13-14)20-22-19(23-28-20)11-12-24(3)29(26,27)18-9-7-17(8-10-18)21-15(2)25/h4-10,13H,11-12H2,1-3H3,(H,21,25). The van der Waals surface area contributed by atoms with Crippen LogP contribution in [0.1, 0.15) is 18.3 Å². The van der Waals surface area contributed by atoms with Crippen LogP contribution in [0.15, 0.2) is 57.9 Å². The molecule has 1 heterocycles. The quantitative estimate of drug-likeness (QED) is 0.637. The van der Waals surface area contributed by atoms with Gasteiger partial charge in [-0.3, -0.25) is 4.79 Å². The van der Waals surface area contributed by atoms with E-state index in [9.17, 15) is 13.2 Å². The lowest BCUT2D eigenvalue weighted by Crippen LogP contribution is -2.29. The summed E-state index contributed by atoms with van der Waals surface area (Å²) in [5.41, 5.74) is 2.44. The third kappa shape index (κ3) is 5.07. The monoisotopic (exact) mass is 414 g/mol. The number of nitrogens with one attached hydrogen (secondary N) is 1. The number of benzene rings is 2. The number of aromatic nitrogens is 2. The second-order valence-corrected chi connectivity index (χ2v) is 8.71. The molecule has 9 heteroatoms. The second kappa shape index (κ2) is 8.54. The summed E-state index contributed by atoms with van der Waals surface area (Å²) in [6, 6.07) is 13.7. The Morgan fingerprint density at radius 2 is 1.90 bits per heavy atom. The van der Waals surface area contributed by atoms with Gasteiger partial charge in [0.15, 0.2) is 5.82 Å². The Labute approximate surface area is 169 Å². The SMILES string of the molecule is CC(=O)Nc1ccc(S(=O)(=O)N(C)CCc2noc(-c3cccc(C)c3)n2)cc1. The van der Waals surface area contributed by atoms with Crippen molar-refractivity contribution in [3.8, 4) is 11.5 Å². The molecule has 0 aliphatic heterocycles. The van der Waals surface area contributed by atoms with Gasteiger partial charge in [-0.15, -0.1) is 0 Å². The van der Waals surface area contributed by atoms with Crippen molar-refractivity contribution in [2.45, 2.75) is 25.2 Å². The maximum absolute atomic E-state index is 12.7. The zero-order valence-electron chi connectivity index (χ0n) is 16.4. The first kappa shape index (κ1) is 20.7. The third-order valence-corrected chi connectivity index (χ3v) is 6.14. The molecule has 3 aromatic rings. The topological polar surface area (TPSA) is 105 Å². The molecular formula is C20H22N4O4S. The van der Waals surface area contributed by atoms with Gasteiger partial charge in [0.25, 0.3) is 5.89 Å². The highest BCUT2D eigenvalue weighted by Crippen LogP contribution is 2.20. The average molecular weight is 414 g/mol. The number of likely N-dealkylation sites (N-methyl/N-ethyl adjacent to an activating group) is 1. The molecule has 0 unspecified atom stereocenters. The van der Waals surface area contributed by atoms with Crippen molar-refractivity contribution in [1.82, 2.24) is 14.4 Å². The summed E-state index contributed by atoms with van der Waals surface area (Å²) in [5, 5.41) is 6.54. The van der Waals surface area contributed by atoms with Crippen LogP contribution in [0.5, 0.6) is 0 Å². The number of hydrogen-bond donors (Lipinski definition) is 1. The van der Waals surface area contributed by atoms with E-state index in [1.54, 1.807) is 12.1 Å². The largest absolute Gasteiger partial charge is 0.334 e. The molecule has 2 aromatic carbocycles. The Morgan fingerprint density at radius 3 is 2.55 bits per heavy atom. The van der Waals surface area contributed by atoms with Gasteiger partial charge in [-0.25, -0.2) is 12.7 Å². The van der Waals surface area contributed by atoms with Crippen LogP contribution >= 0.6 is 0 Å². The minimum Gasteiger partial charge on any atom is -0.334 e. The molecule has 8 nitrogen and oxygen atoms in total. The summed E-state index contributed by atoms with van der Waals surface area (Å²) in [6.45, 7) is 3.56. The van der Waals surface area contributed by atoms with Crippen molar-refractivity contribution in [2.24, 2.45) is 0 Å². The molecule has 0 aliphatic carbocycles. The van der Waals surface area contributed by atoms with E-state index in [1.165, 1.54) is 30.4 Å². The first-order chi connectivity index (χ1) is 13.8. The Morgan fingerprint density at radius 1 is 1.17 bits per heavy atom. The number of rotatable bonds is 7. The highest BCUT2D eigenvalue weighted by atomic mass is 32.2. The van der Waals surface area contributed by atoms with Gasteiger partial charge < -0.3 is 9.84 Å². The van der Waals surface area contributed by atoms with E-state index in [1.807, 2.05) is 31.2 Å². The molecule has 152 valence electrons. The molecule has 0 saturated heterocycles. The molecule has 3 rings (SSSR count). The van der Waals surface area contributed by atoms with Gasteiger partial charge in [0.1, 0.15) is 0 Å². The molecule has 0 bridgehead atoms. The van der Waals surface area contributed by atoms with Crippen molar-refractivity contribution in [3.63, 3.8) is 0 Å². The van der Waals surface area contributed by atoms with Crippen LogP contribution in [-0.4, -0.2) is 42.4 Å². The number of carbonyl (C=O) groups is 1. The van der Waals surface area contributed by atoms with E-state index < -0.39 is 10.0 Å². The molecule has 0 atom stereocenters. The molecule has 1 amide bonds. The van der Waals surface area contributed by atoms with Gasteiger partial charge >= 0.3 is 0 Å². The minimum absolute atomic E-state index is 0.141. The van der Waals surface area contributed by atoms with E-state index in [4.69, 9.17) is 4.52 Å². The number of nitrogens with zero attached hydrogens (tertiary/aromatic N) is 3. The fourth-order valence-electron chi connectivity index (χ4n) is 2.72. The highest BCUT2D eigenvalue weighted by molar-refractivity contribution is 7.89. The smallest absolute Gasteiger partial charge is 0.257 e. The molecule has 0 spiro atoms. The van der Waals surface area contributed by atoms with E-state index >= 15 is 0 Å². The van der Waals surface area contributed by atoms with Crippen LogP contribution < -0.4 is 5.32 Å². The van der Waals surface area contributed by atoms with Gasteiger partial charge in [0.2, 0.25) is 15.9 Å². The highest BCUT2D eigenvalue weighted by Gasteiger charge is 2.21. The normalized spacial score (nSPS) is 11.6. The van der Waals surface area contributed by atoms with Crippen molar-refractivity contribution in [1.29, 1.82) is 0 Å². The van der Waals surface area contributed by atoms with Crippen molar-refractivity contribution in [2.75, 3.05) is 18.9 Å². The lowest BCUT2D eigenvalue weighted by Gasteiger charge is -2.16. The summed E-state index contributed by atoms with van der Waals surface area (Å²) in [4.78, 5) is 15.6. The number of anilines is 1. The molecule has 0 radical (unpaired) electrons. The average Bonchev–Trinajstić information content (AvgIpc) is 3.15. The van der Waals surface area contributed by atoms with Gasteiger partial charge in [0.05, 0.1) is 4.90 Å². The van der Waals surface area contributed by atoms with Gasteiger partial charge in [-0.1, -0.05) is 22.9 Å². The molecular weight excluding hydrogens is 392 g/mol. The molecule has 29 heavy (non-hydrogen) atoms. The van der Waals surface area contributed by atoms with E-state index in [2.05, 4.69) is 15.5 Å². The first-order valence-electron chi connectivity index (χ1n) is 8.99. The van der Waals surface area contributed by atoms with Crippen LogP contribution in [0.3, 0.4) is 0 Å². The molecule has 0 fully saturated rings. The van der Waals surface area contributed by atoms with Gasteiger partial charge in [-0.2, -0.15) is 4.98 Å². The summed E-state index contributed by atoms with van der Waals surface area (Å²) in [5.74, 6) is 0.621. The number of carbonyl (C=O) groups excluding carboxylic acids is 1.